The molecule has 0 radical (unpaired) electrons. The molecule has 0 bridgehead atoms. The van der Waals surface area contributed by atoms with Crippen LogP contribution in [0.5, 0.6) is 0 Å². The summed E-state index contributed by atoms with van der Waals surface area (Å²) < 4.78 is 24.1. The Hall–Kier alpha value is -0.0900. The summed E-state index contributed by atoms with van der Waals surface area (Å²) in [4.78, 5) is 0. The first-order valence-electron chi connectivity index (χ1n) is 6.46. The van der Waals surface area contributed by atoms with E-state index >= 15 is 0 Å². The van der Waals surface area contributed by atoms with Crippen LogP contribution >= 0.6 is 0 Å². The minimum atomic E-state index is -2.95. The smallest absolute Gasteiger partial charge is 0.154 e. The van der Waals surface area contributed by atoms with E-state index < -0.39 is 9.84 Å². The van der Waals surface area contributed by atoms with Crippen LogP contribution < -0.4 is 5.73 Å². The average Bonchev–Trinajstić information content (AvgIpc) is 2.28. The summed E-state index contributed by atoms with van der Waals surface area (Å²) in [6, 6.07) is -0.186. The Bertz CT molecular complexity index is 292. The van der Waals surface area contributed by atoms with Crippen molar-refractivity contribution in [3.8, 4) is 0 Å². The van der Waals surface area contributed by atoms with E-state index in [0.717, 1.165) is 38.0 Å². The van der Waals surface area contributed by atoms with Crippen LogP contribution in [0.1, 0.15) is 52.4 Å². The third kappa shape index (κ3) is 3.74. The third-order valence-corrected chi connectivity index (χ3v) is 6.23. The molecule has 4 heteroatoms. The highest BCUT2D eigenvalue weighted by Gasteiger charge is 2.30. The zero-order chi connectivity index (χ0) is 12.2. The minimum absolute atomic E-state index is 0.118. The Kier molecular flexibility index (Phi) is 5.25. The highest BCUT2D eigenvalue weighted by molar-refractivity contribution is 7.92. The first-order valence-corrected chi connectivity index (χ1v) is 8.18. The van der Waals surface area contributed by atoms with Crippen molar-refractivity contribution in [2.75, 3.05) is 5.75 Å². The standard InChI is InChI=1S/C12H25NO2S/c1-3-10-5-7-12(8-6-10)16(14,15)9-11(13)4-2/h10-12H,3-9,13H2,1-2H3. The summed E-state index contributed by atoms with van der Waals surface area (Å²) in [6.07, 6.45) is 5.75. The summed E-state index contributed by atoms with van der Waals surface area (Å²) >= 11 is 0. The topological polar surface area (TPSA) is 60.2 Å². The monoisotopic (exact) mass is 247 g/mol. The molecule has 1 aliphatic carbocycles. The molecule has 3 nitrogen and oxygen atoms in total. The molecule has 96 valence electrons. The molecule has 0 aromatic carbocycles. The van der Waals surface area contributed by atoms with E-state index in [1.807, 2.05) is 6.92 Å². The van der Waals surface area contributed by atoms with E-state index in [0.29, 0.717) is 0 Å². The molecular weight excluding hydrogens is 222 g/mol. The minimum Gasteiger partial charge on any atom is -0.327 e. The largest absolute Gasteiger partial charge is 0.327 e. The van der Waals surface area contributed by atoms with Crippen LogP contribution in [-0.4, -0.2) is 25.5 Å². The van der Waals surface area contributed by atoms with Crippen LogP contribution in [0.25, 0.3) is 0 Å². The van der Waals surface area contributed by atoms with Gasteiger partial charge in [-0.2, -0.15) is 0 Å². The van der Waals surface area contributed by atoms with Crippen molar-refractivity contribution < 1.29 is 8.42 Å². The molecule has 1 unspecified atom stereocenters. The Balaban J connectivity index is 2.51. The van der Waals surface area contributed by atoms with Gasteiger partial charge in [-0.3, -0.25) is 0 Å². The van der Waals surface area contributed by atoms with Gasteiger partial charge in [-0.25, -0.2) is 8.42 Å². The van der Waals surface area contributed by atoms with E-state index in [4.69, 9.17) is 5.73 Å². The second-order valence-electron chi connectivity index (χ2n) is 5.05. The molecule has 0 aromatic rings. The van der Waals surface area contributed by atoms with Crippen molar-refractivity contribution in [1.29, 1.82) is 0 Å². The fourth-order valence-corrected chi connectivity index (χ4v) is 4.55. The van der Waals surface area contributed by atoms with Gasteiger partial charge in [0.15, 0.2) is 9.84 Å². The van der Waals surface area contributed by atoms with Crippen molar-refractivity contribution in [1.82, 2.24) is 0 Å². The Morgan fingerprint density at radius 2 is 1.75 bits per heavy atom. The summed E-state index contributed by atoms with van der Waals surface area (Å²) in [7, 11) is -2.95. The average molecular weight is 247 g/mol. The lowest BCUT2D eigenvalue weighted by Crippen LogP contribution is -2.36. The highest BCUT2D eigenvalue weighted by Crippen LogP contribution is 2.30. The predicted octanol–water partition coefficient (Wildman–Crippen LogP) is 2.11. The maximum absolute atomic E-state index is 12.1. The molecular formula is C12H25NO2S. The maximum Gasteiger partial charge on any atom is 0.154 e. The molecule has 16 heavy (non-hydrogen) atoms. The number of hydrogen-bond donors (Lipinski definition) is 1. The molecule has 2 N–H and O–H groups in total. The van der Waals surface area contributed by atoms with Crippen LogP contribution in [0, 0.1) is 5.92 Å². The Morgan fingerprint density at radius 1 is 1.19 bits per heavy atom. The first-order chi connectivity index (χ1) is 7.49. The maximum atomic E-state index is 12.1. The summed E-state index contributed by atoms with van der Waals surface area (Å²) in [5, 5.41) is -0.118. The van der Waals surface area contributed by atoms with Gasteiger partial charge in [-0.1, -0.05) is 20.3 Å². The van der Waals surface area contributed by atoms with Crippen molar-refractivity contribution in [2.24, 2.45) is 11.7 Å². The van der Waals surface area contributed by atoms with E-state index in [2.05, 4.69) is 6.92 Å². The summed E-state index contributed by atoms with van der Waals surface area (Å²) in [5.41, 5.74) is 5.74. The molecule has 0 aliphatic heterocycles. The molecule has 0 spiro atoms. The van der Waals surface area contributed by atoms with Gasteiger partial charge in [0.1, 0.15) is 0 Å². The molecule has 1 rings (SSSR count). The third-order valence-electron chi connectivity index (χ3n) is 3.85. The van der Waals surface area contributed by atoms with Gasteiger partial charge in [-0.05, 0) is 38.0 Å². The van der Waals surface area contributed by atoms with Crippen molar-refractivity contribution in [2.45, 2.75) is 63.7 Å². The lowest BCUT2D eigenvalue weighted by Gasteiger charge is -2.28. The number of sulfone groups is 1. The Morgan fingerprint density at radius 3 is 2.19 bits per heavy atom. The van der Waals surface area contributed by atoms with Crippen molar-refractivity contribution in [3.63, 3.8) is 0 Å². The van der Waals surface area contributed by atoms with Gasteiger partial charge in [0.2, 0.25) is 0 Å². The molecule has 1 aliphatic rings. The summed E-state index contributed by atoms with van der Waals surface area (Å²) in [6.45, 7) is 4.13. The Labute approximate surface area is 99.7 Å². The molecule has 1 fully saturated rings. The van der Waals surface area contributed by atoms with Gasteiger partial charge in [0.05, 0.1) is 11.0 Å². The zero-order valence-electron chi connectivity index (χ0n) is 10.5. The first kappa shape index (κ1) is 14.0. The molecule has 1 atom stereocenters. The molecule has 1 saturated carbocycles. The summed E-state index contributed by atoms with van der Waals surface area (Å²) in [5.74, 6) is 0.914. The van der Waals surface area contributed by atoms with E-state index in [1.165, 1.54) is 6.42 Å². The van der Waals surface area contributed by atoms with Crippen molar-refractivity contribution >= 4 is 9.84 Å². The zero-order valence-corrected chi connectivity index (χ0v) is 11.3. The molecule has 0 amide bonds. The normalized spacial score (nSPS) is 28.9. The van der Waals surface area contributed by atoms with Gasteiger partial charge < -0.3 is 5.73 Å². The number of nitrogens with two attached hydrogens (primary N) is 1. The molecule has 0 saturated heterocycles. The van der Waals surface area contributed by atoms with E-state index in [-0.39, 0.29) is 17.0 Å². The molecule has 0 heterocycles. The van der Waals surface area contributed by atoms with Gasteiger partial charge in [-0.15, -0.1) is 0 Å². The predicted molar refractivity (Wildman–Crippen MR) is 68.1 cm³/mol. The SMILES string of the molecule is CCC(N)CS(=O)(=O)C1CCC(CC)CC1. The highest BCUT2D eigenvalue weighted by atomic mass is 32.2. The van der Waals surface area contributed by atoms with E-state index in [9.17, 15) is 8.42 Å². The van der Waals surface area contributed by atoms with Crippen LogP contribution in [0.15, 0.2) is 0 Å². The fourth-order valence-electron chi connectivity index (χ4n) is 2.45. The quantitative estimate of drug-likeness (QED) is 0.809. The second kappa shape index (κ2) is 6.01. The number of rotatable bonds is 5. The second-order valence-corrected chi connectivity index (χ2v) is 7.37. The number of hydrogen-bond acceptors (Lipinski definition) is 3. The fraction of sp³-hybridized carbons (Fsp3) is 1.00. The van der Waals surface area contributed by atoms with Gasteiger partial charge in [0.25, 0.3) is 0 Å². The lowest BCUT2D eigenvalue weighted by atomic mass is 9.87. The lowest BCUT2D eigenvalue weighted by molar-refractivity contribution is 0.348. The van der Waals surface area contributed by atoms with Crippen LogP contribution in [0.3, 0.4) is 0 Å². The van der Waals surface area contributed by atoms with Crippen LogP contribution in [-0.2, 0) is 9.84 Å². The van der Waals surface area contributed by atoms with Crippen LogP contribution in [0.2, 0.25) is 0 Å². The van der Waals surface area contributed by atoms with Crippen LogP contribution in [0.4, 0.5) is 0 Å². The van der Waals surface area contributed by atoms with Gasteiger partial charge in [0, 0.05) is 6.04 Å². The molecule has 0 aromatic heterocycles. The van der Waals surface area contributed by atoms with E-state index in [1.54, 1.807) is 0 Å². The van der Waals surface area contributed by atoms with Crippen molar-refractivity contribution in [3.05, 3.63) is 0 Å². The van der Waals surface area contributed by atoms with Gasteiger partial charge >= 0.3 is 0 Å².